The van der Waals surface area contributed by atoms with Crippen LogP contribution >= 0.6 is 11.8 Å². The SMILES string of the molecule is CC1CCCN(S(=O)(=O)c2ccc3c(c2)nc(SCc2ccccc2F)n3CC2CCCO2)C1. The van der Waals surface area contributed by atoms with Crippen LogP contribution in [0.5, 0.6) is 0 Å². The number of aromatic nitrogens is 2. The number of ether oxygens (including phenoxy) is 1. The molecule has 0 radical (unpaired) electrons. The Balaban J connectivity index is 1.48. The summed E-state index contributed by atoms with van der Waals surface area (Å²) in [5, 5.41) is 0.745. The molecule has 3 heterocycles. The van der Waals surface area contributed by atoms with E-state index in [-0.39, 0.29) is 16.8 Å². The topological polar surface area (TPSA) is 64.4 Å². The maximum absolute atomic E-state index is 14.2. The average molecular weight is 504 g/mol. The van der Waals surface area contributed by atoms with Crippen LogP contribution in [0.3, 0.4) is 0 Å². The number of sulfonamides is 1. The Morgan fingerprint density at radius 3 is 2.79 bits per heavy atom. The lowest BCUT2D eigenvalue weighted by Crippen LogP contribution is -2.39. The van der Waals surface area contributed by atoms with E-state index in [9.17, 15) is 12.8 Å². The molecular formula is C25H30FN3O3S2. The summed E-state index contributed by atoms with van der Waals surface area (Å²) in [6, 6.07) is 12.0. The lowest BCUT2D eigenvalue weighted by atomic mass is 10.0. The monoisotopic (exact) mass is 503 g/mol. The summed E-state index contributed by atoms with van der Waals surface area (Å²) in [5.74, 6) is 0.568. The Hall–Kier alpha value is -1.94. The number of rotatable bonds is 7. The van der Waals surface area contributed by atoms with E-state index in [1.54, 1.807) is 28.6 Å². The Morgan fingerprint density at radius 1 is 1.18 bits per heavy atom. The van der Waals surface area contributed by atoms with Gasteiger partial charge >= 0.3 is 0 Å². The molecule has 0 bridgehead atoms. The highest BCUT2D eigenvalue weighted by atomic mass is 32.2. The Bertz CT molecular complexity index is 1270. The van der Waals surface area contributed by atoms with Crippen molar-refractivity contribution in [2.75, 3.05) is 19.7 Å². The molecule has 9 heteroatoms. The van der Waals surface area contributed by atoms with E-state index in [1.807, 2.05) is 12.1 Å². The van der Waals surface area contributed by atoms with Gasteiger partial charge in [0.15, 0.2) is 5.16 Å². The standard InChI is InChI=1S/C25H30FN3O3S2/c1-18-6-4-12-28(15-18)34(30,31)21-10-11-24-23(14-21)27-25(29(24)16-20-8-5-13-32-20)33-17-19-7-2-3-9-22(19)26/h2-3,7,9-11,14,18,20H,4-6,8,12-13,15-17H2,1H3. The maximum atomic E-state index is 14.2. The van der Waals surface area contributed by atoms with Gasteiger partial charge in [-0.2, -0.15) is 4.31 Å². The van der Waals surface area contributed by atoms with Gasteiger partial charge < -0.3 is 9.30 Å². The van der Waals surface area contributed by atoms with Gasteiger partial charge in [-0.05, 0) is 61.4 Å². The van der Waals surface area contributed by atoms with E-state index in [0.717, 1.165) is 43.0 Å². The van der Waals surface area contributed by atoms with E-state index < -0.39 is 10.0 Å². The number of nitrogens with zero attached hydrogens (tertiary/aromatic N) is 3. The third-order valence-corrected chi connectivity index (χ3v) is 9.55. The predicted molar refractivity (Wildman–Crippen MR) is 132 cm³/mol. The molecule has 2 aliphatic rings. The van der Waals surface area contributed by atoms with Crippen LogP contribution in [0.1, 0.15) is 38.2 Å². The van der Waals surface area contributed by atoms with Gasteiger partial charge in [0.25, 0.3) is 0 Å². The van der Waals surface area contributed by atoms with Crippen LogP contribution in [-0.4, -0.2) is 48.1 Å². The largest absolute Gasteiger partial charge is 0.376 e. The second-order valence-corrected chi connectivity index (χ2v) is 12.2. The summed E-state index contributed by atoms with van der Waals surface area (Å²) in [6.45, 7) is 4.60. The van der Waals surface area contributed by atoms with Crippen molar-refractivity contribution in [1.82, 2.24) is 13.9 Å². The second kappa shape index (κ2) is 9.97. The van der Waals surface area contributed by atoms with Gasteiger partial charge in [0, 0.05) is 25.4 Å². The van der Waals surface area contributed by atoms with Crippen molar-refractivity contribution in [1.29, 1.82) is 0 Å². The summed E-state index contributed by atoms with van der Waals surface area (Å²) in [7, 11) is -3.57. The highest BCUT2D eigenvalue weighted by Gasteiger charge is 2.29. The fourth-order valence-corrected chi connectivity index (χ4v) is 7.43. The van der Waals surface area contributed by atoms with Crippen LogP contribution in [0, 0.1) is 11.7 Å². The molecule has 182 valence electrons. The fourth-order valence-electron chi connectivity index (χ4n) is 4.80. The number of halogens is 1. The van der Waals surface area contributed by atoms with Gasteiger partial charge in [-0.25, -0.2) is 17.8 Å². The van der Waals surface area contributed by atoms with Crippen molar-refractivity contribution < 1.29 is 17.5 Å². The molecule has 2 aliphatic heterocycles. The first-order valence-electron chi connectivity index (χ1n) is 11.9. The third kappa shape index (κ3) is 4.89. The van der Waals surface area contributed by atoms with Crippen molar-refractivity contribution in [3.8, 4) is 0 Å². The van der Waals surface area contributed by atoms with Crippen LogP contribution < -0.4 is 0 Å². The molecule has 6 nitrogen and oxygen atoms in total. The molecule has 2 unspecified atom stereocenters. The molecule has 0 N–H and O–H groups in total. The second-order valence-electron chi connectivity index (χ2n) is 9.28. The molecule has 2 atom stereocenters. The zero-order chi connectivity index (χ0) is 23.7. The van der Waals surface area contributed by atoms with Crippen molar-refractivity contribution in [3.63, 3.8) is 0 Å². The van der Waals surface area contributed by atoms with E-state index >= 15 is 0 Å². The molecule has 2 saturated heterocycles. The predicted octanol–water partition coefficient (Wildman–Crippen LogP) is 5.07. The molecular weight excluding hydrogens is 473 g/mol. The molecule has 5 rings (SSSR count). The Kier molecular flexibility index (Phi) is 6.97. The van der Waals surface area contributed by atoms with Gasteiger partial charge in [-0.1, -0.05) is 36.9 Å². The van der Waals surface area contributed by atoms with Crippen LogP contribution in [-0.2, 0) is 27.1 Å². The Morgan fingerprint density at radius 2 is 2.03 bits per heavy atom. The molecule has 0 amide bonds. The minimum atomic E-state index is -3.57. The molecule has 0 spiro atoms. The Labute approximate surface area is 204 Å². The van der Waals surface area contributed by atoms with Gasteiger partial charge in [0.1, 0.15) is 5.82 Å². The smallest absolute Gasteiger partial charge is 0.243 e. The van der Waals surface area contributed by atoms with E-state index in [4.69, 9.17) is 9.72 Å². The average Bonchev–Trinajstić information content (AvgIpc) is 3.46. The van der Waals surface area contributed by atoms with Crippen molar-refractivity contribution >= 4 is 32.8 Å². The first kappa shape index (κ1) is 23.8. The van der Waals surface area contributed by atoms with Crippen molar-refractivity contribution in [2.24, 2.45) is 5.92 Å². The normalized spacial score (nSPS) is 21.9. The van der Waals surface area contributed by atoms with E-state index in [1.165, 1.54) is 17.8 Å². The fraction of sp³-hybridized carbons (Fsp3) is 0.480. The lowest BCUT2D eigenvalue weighted by Gasteiger charge is -2.30. The molecule has 0 saturated carbocycles. The highest BCUT2D eigenvalue weighted by Crippen LogP contribution is 2.32. The van der Waals surface area contributed by atoms with Crippen molar-refractivity contribution in [2.45, 2.75) is 61.1 Å². The maximum Gasteiger partial charge on any atom is 0.243 e. The van der Waals surface area contributed by atoms with Gasteiger partial charge in [-0.3, -0.25) is 0 Å². The highest BCUT2D eigenvalue weighted by molar-refractivity contribution is 7.98. The first-order valence-corrected chi connectivity index (χ1v) is 14.3. The van der Waals surface area contributed by atoms with E-state index in [2.05, 4.69) is 11.5 Å². The molecule has 1 aromatic heterocycles. The molecule has 3 aromatic rings. The minimum absolute atomic E-state index is 0.100. The molecule has 34 heavy (non-hydrogen) atoms. The number of thioether (sulfide) groups is 1. The number of imidazole rings is 1. The number of hydrogen-bond donors (Lipinski definition) is 0. The van der Waals surface area contributed by atoms with E-state index in [0.29, 0.717) is 42.4 Å². The minimum Gasteiger partial charge on any atom is -0.376 e. The number of hydrogen-bond acceptors (Lipinski definition) is 5. The summed E-state index contributed by atoms with van der Waals surface area (Å²) < 4.78 is 50.4. The van der Waals surface area contributed by atoms with Gasteiger partial charge in [-0.15, -0.1) is 0 Å². The van der Waals surface area contributed by atoms with Crippen LogP contribution in [0.25, 0.3) is 11.0 Å². The number of piperidine rings is 1. The first-order chi connectivity index (χ1) is 16.4. The van der Waals surface area contributed by atoms with Gasteiger partial charge in [0.2, 0.25) is 10.0 Å². The summed E-state index contributed by atoms with van der Waals surface area (Å²) in [4.78, 5) is 5.08. The molecule has 2 fully saturated rings. The zero-order valence-electron chi connectivity index (χ0n) is 19.3. The number of benzene rings is 2. The van der Waals surface area contributed by atoms with Crippen molar-refractivity contribution in [3.05, 3.63) is 53.8 Å². The molecule has 0 aliphatic carbocycles. The van der Waals surface area contributed by atoms with Crippen LogP contribution in [0.4, 0.5) is 4.39 Å². The van der Waals surface area contributed by atoms with Gasteiger partial charge in [0.05, 0.1) is 28.6 Å². The lowest BCUT2D eigenvalue weighted by molar-refractivity contribution is 0.0960. The summed E-state index contributed by atoms with van der Waals surface area (Å²) in [6.07, 6.45) is 4.06. The number of fused-ring (bicyclic) bond motifs is 1. The molecule has 2 aromatic carbocycles. The quantitative estimate of drug-likeness (QED) is 0.422. The van der Waals surface area contributed by atoms with Crippen LogP contribution in [0.2, 0.25) is 0 Å². The summed E-state index contributed by atoms with van der Waals surface area (Å²) >= 11 is 1.46. The van der Waals surface area contributed by atoms with Crippen LogP contribution in [0.15, 0.2) is 52.5 Å². The zero-order valence-corrected chi connectivity index (χ0v) is 21.0. The summed E-state index contributed by atoms with van der Waals surface area (Å²) in [5.41, 5.74) is 2.13. The third-order valence-electron chi connectivity index (χ3n) is 6.67.